The lowest BCUT2D eigenvalue weighted by molar-refractivity contribution is -0.153. The highest BCUT2D eigenvalue weighted by Gasteiger charge is 2.29. The van der Waals surface area contributed by atoms with Crippen molar-refractivity contribution in [2.75, 3.05) is 25.1 Å². The van der Waals surface area contributed by atoms with Crippen LogP contribution in [0.25, 0.3) is 0 Å². The lowest BCUT2D eigenvalue weighted by Crippen LogP contribution is -2.30. The fraction of sp³-hybridized carbons (Fsp3) is 0.417. The number of carbonyl (C=O) groups excluding carboxylic acids is 1. The Labute approximate surface area is 117 Å². The highest BCUT2D eigenvalue weighted by atomic mass is 19.4. The number of hydrogen-bond acceptors (Lipinski definition) is 3. The Balaban J connectivity index is 2.70. The Morgan fingerprint density at radius 1 is 1.33 bits per heavy atom. The first-order valence-corrected chi connectivity index (χ1v) is 5.96. The van der Waals surface area contributed by atoms with Crippen LogP contribution in [-0.4, -0.2) is 37.1 Å². The normalized spacial score (nSPS) is 11.1. The molecule has 1 rings (SSSR count). The number of alkyl halides is 3. The fourth-order valence-corrected chi connectivity index (χ4v) is 1.33. The summed E-state index contributed by atoms with van der Waals surface area (Å²) in [5.41, 5.74) is -0.222. The number of benzene rings is 1. The van der Waals surface area contributed by atoms with Crippen molar-refractivity contribution in [3.8, 4) is 5.75 Å². The van der Waals surface area contributed by atoms with Crippen LogP contribution in [-0.2, 0) is 0 Å². The Bertz CT molecular complexity index is 480. The Kier molecular flexibility index (Phi) is 6.22. The molecule has 0 fully saturated rings. The van der Waals surface area contributed by atoms with Gasteiger partial charge in [-0.25, -0.2) is 9.18 Å². The molecule has 0 bridgehead atoms. The van der Waals surface area contributed by atoms with Gasteiger partial charge >= 0.3 is 12.2 Å². The molecular formula is C12H14F4N2O3. The molecule has 21 heavy (non-hydrogen) atoms. The van der Waals surface area contributed by atoms with E-state index in [0.29, 0.717) is 6.42 Å². The van der Waals surface area contributed by atoms with E-state index in [9.17, 15) is 22.4 Å². The molecule has 0 saturated carbocycles. The molecule has 9 heteroatoms. The van der Waals surface area contributed by atoms with Gasteiger partial charge in [0.15, 0.2) is 6.61 Å². The fourth-order valence-electron chi connectivity index (χ4n) is 1.33. The van der Waals surface area contributed by atoms with Crippen LogP contribution in [0.15, 0.2) is 18.2 Å². The first-order valence-electron chi connectivity index (χ1n) is 5.96. The van der Waals surface area contributed by atoms with Crippen molar-refractivity contribution in [2.24, 2.45) is 0 Å². The molecule has 2 amide bonds. The van der Waals surface area contributed by atoms with Gasteiger partial charge < -0.3 is 20.5 Å². The summed E-state index contributed by atoms with van der Waals surface area (Å²) in [6.07, 6.45) is -4.23. The maximum Gasteiger partial charge on any atom is 0.422 e. The van der Waals surface area contributed by atoms with Crippen LogP contribution in [0, 0.1) is 5.82 Å². The van der Waals surface area contributed by atoms with Gasteiger partial charge in [-0.1, -0.05) is 0 Å². The van der Waals surface area contributed by atoms with Crippen LogP contribution in [0.3, 0.4) is 0 Å². The lowest BCUT2D eigenvalue weighted by Gasteiger charge is -2.14. The minimum atomic E-state index is -4.55. The molecule has 0 aromatic heterocycles. The molecule has 0 spiro atoms. The number of hydrogen-bond donors (Lipinski definition) is 3. The molecule has 0 heterocycles. The van der Waals surface area contributed by atoms with Crippen molar-refractivity contribution >= 4 is 11.7 Å². The number of ether oxygens (including phenoxy) is 1. The Morgan fingerprint density at radius 3 is 2.67 bits per heavy atom. The van der Waals surface area contributed by atoms with E-state index in [1.807, 2.05) is 0 Å². The van der Waals surface area contributed by atoms with Crippen LogP contribution < -0.4 is 15.4 Å². The van der Waals surface area contributed by atoms with Gasteiger partial charge in [0.05, 0.1) is 5.69 Å². The van der Waals surface area contributed by atoms with Crippen molar-refractivity contribution in [1.82, 2.24) is 5.32 Å². The zero-order valence-corrected chi connectivity index (χ0v) is 10.8. The summed E-state index contributed by atoms with van der Waals surface area (Å²) in [5, 5.41) is 13.1. The van der Waals surface area contributed by atoms with Crippen molar-refractivity contribution in [2.45, 2.75) is 12.6 Å². The lowest BCUT2D eigenvalue weighted by atomic mass is 10.3. The summed E-state index contributed by atoms with van der Waals surface area (Å²) < 4.78 is 53.9. The smallest absolute Gasteiger partial charge is 0.422 e. The molecule has 1 aromatic carbocycles. The average Bonchev–Trinajstić information content (AvgIpc) is 2.37. The molecule has 0 unspecified atom stereocenters. The molecule has 5 nitrogen and oxygen atoms in total. The van der Waals surface area contributed by atoms with E-state index in [1.54, 1.807) is 0 Å². The van der Waals surface area contributed by atoms with Crippen LogP contribution in [0.2, 0.25) is 0 Å². The van der Waals surface area contributed by atoms with E-state index >= 15 is 0 Å². The van der Waals surface area contributed by atoms with Crippen molar-refractivity contribution in [1.29, 1.82) is 0 Å². The number of aliphatic hydroxyl groups is 1. The Hall–Kier alpha value is -2.03. The maximum atomic E-state index is 13.1. The van der Waals surface area contributed by atoms with Gasteiger partial charge in [-0.05, 0) is 18.6 Å². The van der Waals surface area contributed by atoms with E-state index in [1.165, 1.54) is 0 Å². The van der Waals surface area contributed by atoms with Gasteiger partial charge in [-0.2, -0.15) is 13.2 Å². The number of amides is 2. The maximum absolute atomic E-state index is 13.1. The van der Waals surface area contributed by atoms with E-state index in [-0.39, 0.29) is 24.6 Å². The first-order chi connectivity index (χ1) is 9.81. The number of carbonyl (C=O) groups is 1. The van der Waals surface area contributed by atoms with Crippen LogP contribution in [0.5, 0.6) is 5.75 Å². The van der Waals surface area contributed by atoms with Gasteiger partial charge in [0.1, 0.15) is 11.6 Å². The van der Waals surface area contributed by atoms with Gasteiger partial charge in [-0.3, -0.25) is 0 Å². The predicted octanol–water partition coefficient (Wildman–Crippen LogP) is 2.27. The summed E-state index contributed by atoms with van der Waals surface area (Å²) in [6, 6.07) is 2.01. The van der Waals surface area contributed by atoms with Gasteiger partial charge in [0.2, 0.25) is 0 Å². The van der Waals surface area contributed by atoms with Crippen molar-refractivity contribution in [3.05, 3.63) is 24.0 Å². The number of urea groups is 1. The average molecular weight is 310 g/mol. The molecule has 0 aliphatic heterocycles. The number of aliphatic hydroxyl groups excluding tert-OH is 1. The van der Waals surface area contributed by atoms with Gasteiger partial charge in [-0.15, -0.1) is 0 Å². The molecule has 0 aliphatic rings. The molecule has 0 radical (unpaired) electrons. The minimum Gasteiger partial charge on any atom is -0.482 e. The van der Waals surface area contributed by atoms with Crippen molar-refractivity contribution < 1.29 is 32.2 Å². The second-order valence-electron chi connectivity index (χ2n) is 4.00. The number of rotatable bonds is 6. The minimum absolute atomic E-state index is 0.125. The van der Waals surface area contributed by atoms with E-state index < -0.39 is 24.6 Å². The SMILES string of the molecule is O=C(NCCCO)Nc1cc(F)ccc1OCC(F)(F)F. The largest absolute Gasteiger partial charge is 0.482 e. The van der Waals surface area contributed by atoms with Crippen molar-refractivity contribution in [3.63, 3.8) is 0 Å². The summed E-state index contributed by atoms with van der Waals surface area (Å²) in [4.78, 5) is 11.4. The highest BCUT2D eigenvalue weighted by Crippen LogP contribution is 2.27. The number of nitrogens with one attached hydrogen (secondary N) is 2. The summed E-state index contributed by atoms with van der Waals surface area (Å²) in [7, 11) is 0. The number of halogens is 4. The molecule has 0 atom stereocenters. The second-order valence-corrected chi connectivity index (χ2v) is 4.00. The second kappa shape index (κ2) is 7.67. The molecule has 0 saturated heterocycles. The first kappa shape index (κ1) is 17.0. The predicted molar refractivity (Wildman–Crippen MR) is 66.7 cm³/mol. The molecule has 1 aromatic rings. The molecule has 0 aliphatic carbocycles. The molecular weight excluding hydrogens is 296 g/mol. The van der Waals surface area contributed by atoms with Crippen LogP contribution in [0.4, 0.5) is 28.0 Å². The van der Waals surface area contributed by atoms with E-state index in [0.717, 1.165) is 18.2 Å². The number of anilines is 1. The van der Waals surface area contributed by atoms with Crippen LogP contribution >= 0.6 is 0 Å². The third-order valence-corrected chi connectivity index (χ3v) is 2.20. The van der Waals surface area contributed by atoms with E-state index in [4.69, 9.17) is 5.11 Å². The molecule has 3 N–H and O–H groups in total. The third-order valence-electron chi connectivity index (χ3n) is 2.20. The third kappa shape index (κ3) is 6.80. The summed E-state index contributed by atoms with van der Waals surface area (Å²) >= 11 is 0. The quantitative estimate of drug-likeness (QED) is 0.557. The highest BCUT2D eigenvalue weighted by molar-refractivity contribution is 5.90. The van der Waals surface area contributed by atoms with E-state index in [2.05, 4.69) is 15.4 Å². The van der Waals surface area contributed by atoms with Crippen LogP contribution in [0.1, 0.15) is 6.42 Å². The Morgan fingerprint density at radius 2 is 2.05 bits per heavy atom. The topological polar surface area (TPSA) is 70.6 Å². The van der Waals surface area contributed by atoms with Gasteiger partial charge in [0.25, 0.3) is 0 Å². The monoisotopic (exact) mass is 310 g/mol. The molecule has 118 valence electrons. The summed E-state index contributed by atoms with van der Waals surface area (Å²) in [6.45, 7) is -1.52. The standard InChI is InChI=1S/C12H14F4N2O3/c13-8-2-3-10(21-7-12(14,15)16)9(6-8)18-11(20)17-4-1-5-19/h2-3,6,19H,1,4-5,7H2,(H2,17,18,20). The summed E-state index contributed by atoms with van der Waals surface area (Å²) in [5.74, 6) is -1.04. The zero-order chi connectivity index (χ0) is 15.9. The zero-order valence-electron chi connectivity index (χ0n) is 10.8. The van der Waals surface area contributed by atoms with Gasteiger partial charge in [0, 0.05) is 19.2 Å².